The normalized spacial score (nSPS) is 26.8. The topological polar surface area (TPSA) is 26.0 Å². The summed E-state index contributed by atoms with van der Waals surface area (Å²) in [5, 5.41) is 0. The molecule has 0 aromatic heterocycles. The summed E-state index contributed by atoms with van der Waals surface area (Å²) in [7, 11) is 0. The quantitative estimate of drug-likeness (QED) is 0.724. The van der Waals surface area contributed by atoms with E-state index in [4.69, 9.17) is 5.73 Å². The average molecular weight is 229 g/mol. The summed E-state index contributed by atoms with van der Waals surface area (Å²) in [5.74, 6) is 0. The molecule has 1 unspecified atom stereocenters. The Morgan fingerprint density at radius 3 is 2.71 bits per heavy atom. The number of aryl methyl sites for hydroxylation is 2. The van der Waals surface area contributed by atoms with Crippen LogP contribution in [0.15, 0.2) is 18.2 Å². The first-order valence-electron chi connectivity index (χ1n) is 7.08. The van der Waals surface area contributed by atoms with Crippen LogP contribution in [0.2, 0.25) is 0 Å². The van der Waals surface area contributed by atoms with Crippen molar-refractivity contribution in [2.24, 2.45) is 5.73 Å². The number of hydrogen-bond donors (Lipinski definition) is 1. The van der Waals surface area contributed by atoms with Gasteiger partial charge in [-0.05, 0) is 49.3 Å². The fourth-order valence-electron chi connectivity index (χ4n) is 4.23. The first-order valence-corrected chi connectivity index (χ1v) is 7.08. The maximum absolute atomic E-state index is 6.53. The van der Waals surface area contributed by atoms with E-state index in [1.54, 1.807) is 11.1 Å². The molecule has 0 bridgehead atoms. The molecule has 1 fully saturated rings. The Hall–Kier alpha value is -0.820. The second kappa shape index (κ2) is 4.13. The van der Waals surface area contributed by atoms with Gasteiger partial charge in [-0.3, -0.25) is 0 Å². The van der Waals surface area contributed by atoms with Crippen molar-refractivity contribution in [2.75, 3.05) is 0 Å². The molecule has 17 heavy (non-hydrogen) atoms. The largest absolute Gasteiger partial charge is 0.327 e. The first-order chi connectivity index (χ1) is 8.24. The van der Waals surface area contributed by atoms with Gasteiger partial charge >= 0.3 is 0 Å². The monoisotopic (exact) mass is 229 g/mol. The highest BCUT2D eigenvalue weighted by molar-refractivity contribution is 5.44. The van der Waals surface area contributed by atoms with E-state index in [1.165, 1.54) is 50.5 Å². The van der Waals surface area contributed by atoms with E-state index in [1.807, 2.05) is 0 Å². The summed E-state index contributed by atoms with van der Waals surface area (Å²) in [6.07, 6.45) is 9.10. The summed E-state index contributed by atoms with van der Waals surface area (Å²) < 4.78 is 0. The number of benzene rings is 1. The van der Waals surface area contributed by atoms with Gasteiger partial charge in [0, 0.05) is 11.5 Å². The molecule has 0 heterocycles. The Balaban J connectivity index is 2.15. The number of hydrogen-bond acceptors (Lipinski definition) is 1. The minimum Gasteiger partial charge on any atom is -0.327 e. The van der Waals surface area contributed by atoms with Gasteiger partial charge < -0.3 is 5.73 Å². The van der Waals surface area contributed by atoms with Crippen molar-refractivity contribution in [3.05, 3.63) is 34.9 Å². The fourth-order valence-corrected chi connectivity index (χ4v) is 4.23. The maximum atomic E-state index is 6.53. The first kappa shape index (κ1) is 11.3. The Bertz CT molecular complexity index is 416. The van der Waals surface area contributed by atoms with E-state index < -0.39 is 0 Å². The van der Waals surface area contributed by atoms with Gasteiger partial charge in [0.15, 0.2) is 0 Å². The van der Waals surface area contributed by atoms with Crippen molar-refractivity contribution in [1.82, 2.24) is 0 Å². The maximum Gasteiger partial charge on any atom is 0.0140 e. The minimum atomic E-state index is 0.317. The minimum absolute atomic E-state index is 0.317. The molecule has 1 nitrogen and oxygen atoms in total. The van der Waals surface area contributed by atoms with E-state index in [0.717, 1.165) is 0 Å². The predicted octanol–water partition coefficient (Wildman–Crippen LogP) is 3.47. The van der Waals surface area contributed by atoms with Gasteiger partial charge in [0.25, 0.3) is 0 Å². The van der Waals surface area contributed by atoms with Crippen molar-refractivity contribution in [1.29, 1.82) is 0 Å². The summed E-state index contributed by atoms with van der Waals surface area (Å²) in [6, 6.07) is 7.19. The van der Waals surface area contributed by atoms with Crippen LogP contribution in [0.1, 0.15) is 55.2 Å². The molecule has 0 amide bonds. The van der Waals surface area contributed by atoms with Crippen LogP contribution in [0.25, 0.3) is 0 Å². The molecule has 1 aromatic carbocycles. The molecule has 1 saturated carbocycles. The van der Waals surface area contributed by atoms with Crippen LogP contribution in [0.5, 0.6) is 0 Å². The van der Waals surface area contributed by atoms with E-state index in [9.17, 15) is 0 Å². The van der Waals surface area contributed by atoms with Crippen LogP contribution in [0, 0.1) is 6.92 Å². The molecule has 0 radical (unpaired) electrons. The smallest absolute Gasteiger partial charge is 0.0140 e. The van der Waals surface area contributed by atoms with Crippen LogP contribution in [-0.4, -0.2) is 6.04 Å². The van der Waals surface area contributed by atoms with E-state index in [2.05, 4.69) is 25.1 Å². The molecule has 3 rings (SSSR count). The van der Waals surface area contributed by atoms with Crippen LogP contribution in [0.4, 0.5) is 0 Å². The molecule has 2 N–H and O–H groups in total. The zero-order chi connectivity index (χ0) is 11.9. The predicted molar refractivity (Wildman–Crippen MR) is 72.2 cm³/mol. The lowest BCUT2D eigenvalue weighted by molar-refractivity contribution is 0.220. The Kier molecular flexibility index (Phi) is 2.74. The summed E-state index contributed by atoms with van der Waals surface area (Å²) in [6.45, 7) is 2.27. The van der Waals surface area contributed by atoms with Gasteiger partial charge in [0.1, 0.15) is 0 Å². The number of rotatable bonds is 0. The van der Waals surface area contributed by atoms with Gasteiger partial charge in [0.2, 0.25) is 0 Å². The zero-order valence-corrected chi connectivity index (χ0v) is 10.8. The molecule has 2 aliphatic carbocycles. The lowest BCUT2D eigenvalue weighted by Gasteiger charge is -2.47. The van der Waals surface area contributed by atoms with Crippen LogP contribution >= 0.6 is 0 Å². The molecule has 1 heteroatoms. The Morgan fingerprint density at radius 1 is 1.18 bits per heavy atom. The third-order valence-electron chi connectivity index (χ3n) is 5.04. The van der Waals surface area contributed by atoms with Crippen molar-refractivity contribution < 1.29 is 0 Å². The SMILES string of the molecule is Cc1cccc2c1C1(CCCCC1)C(N)CC2. The lowest BCUT2D eigenvalue weighted by atomic mass is 9.59. The van der Waals surface area contributed by atoms with Gasteiger partial charge in [-0.1, -0.05) is 37.5 Å². The van der Waals surface area contributed by atoms with Gasteiger partial charge in [-0.2, -0.15) is 0 Å². The lowest BCUT2D eigenvalue weighted by Crippen LogP contribution is -2.50. The molecule has 0 saturated heterocycles. The van der Waals surface area contributed by atoms with Gasteiger partial charge in [0.05, 0.1) is 0 Å². The fraction of sp³-hybridized carbons (Fsp3) is 0.625. The summed E-state index contributed by atoms with van der Waals surface area (Å²) >= 11 is 0. The second-order valence-corrected chi connectivity index (χ2v) is 5.97. The molecule has 1 atom stereocenters. The Labute approximate surface area is 104 Å². The van der Waals surface area contributed by atoms with Crippen LogP contribution in [-0.2, 0) is 11.8 Å². The molecule has 92 valence electrons. The Morgan fingerprint density at radius 2 is 1.94 bits per heavy atom. The molecule has 0 aliphatic heterocycles. The zero-order valence-electron chi connectivity index (χ0n) is 10.8. The van der Waals surface area contributed by atoms with E-state index in [-0.39, 0.29) is 0 Å². The third-order valence-corrected chi connectivity index (χ3v) is 5.04. The van der Waals surface area contributed by atoms with Crippen LogP contribution < -0.4 is 5.73 Å². The second-order valence-electron chi connectivity index (χ2n) is 5.97. The van der Waals surface area contributed by atoms with Crippen molar-refractivity contribution >= 4 is 0 Å². The molecule has 1 spiro atoms. The number of fused-ring (bicyclic) bond motifs is 2. The van der Waals surface area contributed by atoms with Gasteiger partial charge in [-0.25, -0.2) is 0 Å². The molecule has 2 aliphatic rings. The van der Waals surface area contributed by atoms with Gasteiger partial charge in [-0.15, -0.1) is 0 Å². The highest BCUT2D eigenvalue weighted by Gasteiger charge is 2.43. The molecular weight excluding hydrogens is 206 g/mol. The third kappa shape index (κ3) is 1.63. The highest BCUT2D eigenvalue weighted by atomic mass is 14.7. The summed E-state index contributed by atoms with van der Waals surface area (Å²) in [5.41, 5.74) is 11.5. The van der Waals surface area contributed by atoms with E-state index >= 15 is 0 Å². The molecular formula is C16H23N. The van der Waals surface area contributed by atoms with Crippen LogP contribution in [0.3, 0.4) is 0 Å². The highest BCUT2D eigenvalue weighted by Crippen LogP contribution is 2.47. The molecule has 1 aromatic rings. The van der Waals surface area contributed by atoms with Crippen molar-refractivity contribution in [3.8, 4) is 0 Å². The number of nitrogens with two attached hydrogens (primary N) is 1. The van der Waals surface area contributed by atoms with Crippen molar-refractivity contribution in [3.63, 3.8) is 0 Å². The summed E-state index contributed by atoms with van der Waals surface area (Å²) in [4.78, 5) is 0. The van der Waals surface area contributed by atoms with E-state index in [0.29, 0.717) is 11.5 Å². The van der Waals surface area contributed by atoms with Crippen molar-refractivity contribution in [2.45, 2.75) is 63.3 Å². The average Bonchev–Trinajstić information content (AvgIpc) is 2.35. The standard InChI is InChI=1S/C16H23N/c1-12-6-5-7-13-8-9-14(17)16(15(12)13)10-3-2-4-11-16/h5-7,14H,2-4,8-11,17H2,1H3.